The van der Waals surface area contributed by atoms with Crippen molar-refractivity contribution in [3.63, 3.8) is 0 Å². The van der Waals surface area contributed by atoms with Crippen molar-refractivity contribution in [2.75, 3.05) is 13.2 Å². The average molecular weight is 350 g/mol. The van der Waals surface area contributed by atoms with Crippen molar-refractivity contribution in [3.8, 4) is 0 Å². The molecule has 0 aliphatic heterocycles. The van der Waals surface area contributed by atoms with Gasteiger partial charge in [-0.3, -0.25) is 9.59 Å². The Morgan fingerprint density at radius 3 is 2.83 bits per heavy atom. The lowest BCUT2D eigenvalue weighted by molar-refractivity contribution is -0.125. The Morgan fingerprint density at radius 1 is 1.33 bits per heavy atom. The minimum atomic E-state index is -0.537. The minimum absolute atomic E-state index is 0.125. The monoisotopic (exact) mass is 349 g/mol. The molecule has 2 aromatic rings. The highest BCUT2D eigenvalue weighted by Gasteiger charge is 2.32. The van der Waals surface area contributed by atoms with Crippen molar-refractivity contribution in [2.45, 2.75) is 25.3 Å². The number of rotatable bonds is 7. The zero-order valence-corrected chi connectivity index (χ0v) is 13.9. The number of aliphatic hydroxyl groups is 1. The van der Waals surface area contributed by atoms with Crippen molar-refractivity contribution in [3.05, 3.63) is 35.0 Å². The van der Waals surface area contributed by atoms with Crippen LogP contribution in [0, 0.1) is 5.92 Å². The number of carbonyl (C=O) groups is 2. The van der Waals surface area contributed by atoms with Crippen LogP contribution in [0.15, 0.2) is 24.4 Å². The first kappa shape index (κ1) is 16.8. The maximum atomic E-state index is 12.2. The highest BCUT2D eigenvalue weighted by atomic mass is 35.5. The third-order valence-corrected chi connectivity index (χ3v) is 4.60. The fourth-order valence-electron chi connectivity index (χ4n) is 2.89. The first-order chi connectivity index (χ1) is 11.6. The van der Waals surface area contributed by atoms with Gasteiger partial charge in [-0.05, 0) is 36.5 Å². The summed E-state index contributed by atoms with van der Waals surface area (Å²) in [6.07, 6.45) is 4.08. The Kier molecular flexibility index (Phi) is 5.06. The molecule has 1 aromatic heterocycles. The van der Waals surface area contributed by atoms with Gasteiger partial charge in [-0.1, -0.05) is 17.7 Å². The molecule has 0 spiro atoms. The van der Waals surface area contributed by atoms with E-state index in [0.29, 0.717) is 17.5 Å². The molecule has 1 unspecified atom stereocenters. The van der Waals surface area contributed by atoms with Gasteiger partial charge in [-0.25, -0.2) is 0 Å². The summed E-state index contributed by atoms with van der Waals surface area (Å²) in [6, 6.07) is 5.44. The molecule has 0 bridgehead atoms. The Hall–Kier alpha value is -2.05. The predicted molar refractivity (Wildman–Crippen MR) is 91.8 cm³/mol. The molecule has 1 heterocycles. The molecule has 1 fully saturated rings. The third-order valence-electron chi connectivity index (χ3n) is 4.29. The number of halogens is 1. The summed E-state index contributed by atoms with van der Waals surface area (Å²) in [6.45, 7) is -0.170. The van der Waals surface area contributed by atoms with Gasteiger partial charge in [0.1, 0.15) is 6.61 Å². The van der Waals surface area contributed by atoms with Crippen molar-refractivity contribution >= 4 is 34.3 Å². The van der Waals surface area contributed by atoms with Crippen LogP contribution in [0.25, 0.3) is 10.9 Å². The van der Waals surface area contributed by atoms with Crippen LogP contribution < -0.4 is 10.6 Å². The molecule has 1 saturated carbocycles. The summed E-state index contributed by atoms with van der Waals surface area (Å²) in [4.78, 5) is 26.7. The van der Waals surface area contributed by atoms with E-state index >= 15 is 0 Å². The third kappa shape index (κ3) is 3.88. The Balaban J connectivity index is 1.59. The van der Waals surface area contributed by atoms with Gasteiger partial charge in [-0.2, -0.15) is 0 Å². The van der Waals surface area contributed by atoms with Crippen LogP contribution in [-0.2, 0) is 16.0 Å². The van der Waals surface area contributed by atoms with Crippen LogP contribution >= 0.6 is 11.6 Å². The normalized spacial score (nSPS) is 15.2. The molecule has 128 valence electrons. The standard InChI is InChI=1S/C17H20ClN3O3/c18-12-2-1-3-13-17(12)11(7-19-13)6-15(23)20-8-14(10-4-5-10)21-16(24)9-22/h1-3,7,10,14,19,22H,4-6,8-9H2,(H,20,23)(H,21,24). The topological polar surface area (TPSA) is 94.2 Å². The minimum Gasteiger partial charge on any atom is -0.387 e. The number of hydrogen-bond donors (Lipinski definition) is 4. The molecule has 2 amide bonds. The van der Waals surface area contributed by atoms with Crippen LogP contribution in [0.4, 0.5) is 0 Å². The fourth-order valence-corrected chi connectivity index (χ4v) is 3.19. The number of nitrogens with one attached hydrogen (secondary N) is 3. The van der Waals surface area contributed by atoms with E-state index in [9.17, 15) is 9.59 Å². The van der Waals surface area contributed by atoms with Gasteiger partial charge in [0.15, 0.2) is 0 Å². The lowest BCUT2D eigenvalue weighted by atomic mass is 10.1. The first-order valence-electron chi connectivity index (χ1n) is 8.00. The molecule has 24 heavy (non-hydrogen) atoms. The number of aromatic nitrogens is 1. The number of carbonyl (C=O) groups excluding carboxylic acids is 2. The molecule has 6 nitrogen and oxygen atoms in total. The second-order valence-electron chi connectivity index (χ2n) is 6.13. The van der Waals surface area contributed by atoms with E-state index in [1.165, 1.54) is 0 Å². The van der Waals surface area contributed by atoms with Crippen LogP contribution in [0.3, 0.4) is 0 Å². The molecule has 1 aromatic carbocycles. The predicted octanol–water partition coefficient (Wildman–Crippen LogP) is 1.37. The van der Waals surface area contributed by atoms with Gasteiger partial charge in [0.25, 0.3) is 0 Å². The number of aromatic amines is 1. The van der Waals surface area contributed by atoms with Crippen molar-refractivity contribution in [1.29, 1.82) is 0 Å². The SMILES string of the molecule is O=C(Cc1c[nH]c2cccc(Cl)c12)NCC(NC(=O)CO)C1CC1. The zero-order chi connectivity index (χ0) is 17.1. The van der Waals surface area contributed by atoms with Gasteiger partial charge in [0.05, 0.1) is 11.4 Å². The van der Waals surface area contributed by atoms with Crippen molar-refractivity contribution < 1.29 is 14.7 Å². The molecular weight excluding hydrogens is 330 g/mol. The Morgan fingerprint density at radius 2 is 2.12 bits per heavy atom. The van der Waals surface area contributed by atoms with E-state index in [1.807, 2.05) is 12.1 Å². The molecular formula is C17H20ClN3O3. The maximum Gasteiger partial charge on any atom is 0.245 e. The average Bonchev–Trinajstić information content (AvgIpc) is 3.33. The van der Waals surface area contributed by atoms with Crippen LogP contribution in [0.2, 0.25) is 5.02 Å². The van der Waals surface area contributed by atoms with Crippen molar-refractivity contribution in [2.24, 2.45) is 5.92 Å². The number of H-pyrrole nitrogens is 1. The maximum absolute atomic E-state index is 12.2. The van der Waals surface area contributed by atoms with Gasteiger partial charge < -0.3 is 20.7 Å². The first-order valence-corrected chi connectivity index (χ1v) is 8.37. The lowest BCUT2D eigenvalue weighted by Gasteiger charge is -2.18. The van der Waals surface area contributed by atoms with E-state index in [4.69, 9.17) is 16.7 Å². The number of amides is 2. The molecule has 3 rings (SSSR count). The van der Waals surface area contributed by atoms with Crippen LogP contribution in [-0.4, -0.2) is 41.1 Å². The van der Waals surface area contributed by atoms with E-state index in [0.717, 1.165) is 29.3 Å². The Bertz CT molecular complexity index is 755. The lowest BCUT2D eigenvalue weighted by Crippen LogP contribution is -2.46. The second-order valence-corrected chi connectivity index (χ2v) is 6.53. The van der Waals surface area contributed by atoms with E-state index < -0.39 is 12.5 Å². The number of fused-ring (bicyclic) bond motifs is 1. The molecule has 0 radical (unpaired) electrons. The largest absolute Gasteiger partial charge is 0.387 e. The number of aliphatic hydroxyl groups excluding tert-OH is 1. The van der Waals surface area contributed by atoms with Crippen molar-refractivity contribution in [1.82, 2.24) is 15.6 Å². The molecule has 7 heteroatoms. The van der Waals surface area contributed by atoms with E-state index in [1.54, 1.807) is 12.3 Å². The van der Waals surface area contributed by atoms with Crippen LogP contribution in [0.5, 0.6) is 0 Å². The number of hydrogen-bond acceptors (Lipinski definition) is 3. The summed E-state index contributed by atoms with van der Waals surface area (Å²) < 4.78 is 0. The van der Waals surface area contributed by atoms with E-state index in [2.05, 4.69) is 15.6 Å². The van der Waals surface area contributed by atoms with Gasteiger partial charge >= 0.3 is 0 Å². The number of benzene rings is 1. The fraction of sp³-hybridized carbons (Fsp3) is 0.412. The summed E-state index contributed by atoms with van der Waals surface area (Å²) in [5, 5.41) is 15.9. The summed E-state index contributed by atoms with van der Waals surface area (Å²) in [5.74, 6) is -0.160. The molecule has 4 N–H and O–H groups in total. The zero-order valence-electron chi connectivity index (χ0n) is 13.1. The highest BCUT2D eigenvalue weighted by Crippen LogP contribution is 2.32. The molecule has 1 aliphatic carbocycles. The Labute approximate surface area is 144 Å². The van der Waals surface area contributed by atoms with Gasteiger partial charge in [0, 0.05) is 29.7 Å². The van der Waals surface area contributed by atoms with Gasteiger partial charge in [-0.15, -0.1) is 0 Å². The summed E-state index contributed by atoms with van der Waals surface area (Å²) >= 11 is 6.21. The van der Waals surface area contributed by atoms with Gasteiger partial charge in [0.2, 0.25) is 11.8 Å². The van der Waals surface area contributed by atoms with E-state index in [-0.39, 0.29) is 18.4 Å². The highest BCUT2D eigenvalue weighted by molar-refractivity contribution is 6.35. The summed E-state index contributed by atoms with van der Waals surface area (Å²) in [5.41, 5.74) is 1.74. The van der Waals surface area contributed by atoms with Crippen LogP contribution in [0.1, 0.15) is 18.4 Å². The smallest absolute Gasteiger partial charge is 0.245 e. The molecule has 1 aliphatic rings. The quantitative estimate of drug-likeness (QED) is 0.608. The molecule has 1 atom stereocenters. The second kappa shape index (κ2) is 7.23. The molecule has 0 saturated heterocycles. The summed E-state index contributed by atoms with van der Waals surface area (Å²) in [7, 11) is 0.